The fourth-order valence-corrected chi connectivity index (χ4v) is 8.35. The Bertz CT molecular complexity index is 2070. The van der Waals surface area contributed by atoms with E-state index in [0.717, 1.165) is 67.7 Å². The Kier molecular flexibility index (Phi) is 12.5. The Morgan fingerprint density at radius 1 is 0.810 bits per heavy atom. The van der Waals surface area contributed by atoms with Gasteiger partial charge >= 0.3 is 24.2 Å². The SMILES string of the molecule is CNC(=O)N1CCC[C@@H](N(C(=O)NCc2cc3ccccc3[nH]2)C2CC2)C1.COC(=O)N1C[C@@H](CO)C[C@@H](N(C(=O)NCc2cc3cc(F)cc(F)c3[nH]2)C2CC2)C1. The summed E-state index contributed by atoms with van der Waals surface area (Å²) in [4.78, 5) is 63.3. The molecule has 15 nitrogen and oxygen atoms in total. The van der Waals surface area contributed by atoms with Crippen molar-refractivity contribution in [1.29, 1.82) is 0 Å². The summed E-state index contributed by atoms with van der Waals surface area (Å²) in [6.07, 6.45) is 5.84. The van der Waals surface area contributed by atoms with Gasteiger partial charge in [0, 0.05) is 86.2 Å². The number of methoxy groups -OCH3 is 1. The zero-order valence-corrected chi connectivity index (χ0v) is 32.9. The minimum atomic E-state index is -0.688. The number of aromatic nitrogens is 2. The number of piperidine rings is 2. The number of likely N-dealkylation sites (tertiary alicyclic amines) is 2. The van der Waals surface area contributed by atoms with Crippen LogP contribution in [0.4, 0.5) is 28.0 Å². The number of carbonyl (C=O) groups excluding carboxylic acids is 4. The molecule has 8 rings (SSSR count). The molecule has 4 heterocycles. The molecule has 2 saturated carbocycles. The number of fused-ring (bicyclic) bond motifs is 2. The summed E-state index contributed by atoms with van der Waals surface area (Å²) in [6.45, 7) is 2.60. The smallest absolute Gasteiger partial charge is 0.409 e. The number of ether oxygens (including phenoxy) is 1. The number of benzene rings is 2. The number of amides is 7. The third kappa shape index (κ3) is 9.57. The van der Waals surface area contributed by atoms with Gasteiger partial charge in [-0.3, -0.25) is 0 Å². The van der Waals surface area contributed by atoms with Crippen LogP contribution in [-0.2, 0) is 17.8 Å². The first-order chi connectivity index (χ1) is 28.0. The molecule has 2 aromatic carbocycles. The van der Waals surface area contributed by atoms with E-state index in [1.54, 1.807) is 18.0 Å². The molecule has 3 atom stereocenters. The average Bonchev–Trinajstić information content (AvgIpc) is 4.17. The van der Waals surface area contributed by atoms with Gasteiger partial charge in [0.1, 0.15) is 11.6 Å². The number of aromatic amines is 2. The molecule has 0 radical (unpaired) electrons. The zero-order valence-electron chi connectivity index (χ0n) is 32.9. The fraction of sp³-hybridized carbons (Fsp3) is 0.512. The van der Waals surface area contributed by atoms with Crippen LogP contribution >= 0.6 is 0 Å². The highest BCUT2D eigenvalue weighted by molar-refractivity contribution is 5.82. The first kappa shape index (κ1) is 40.6. The van der Waals surface area contributed by atoms with E-state index in [4.69, 9.17) is 4.74 Å². The molecule has 17 heteroatoms. The van der Waals surface area contributed by atoms with Crippen LogP contribution in [0.5, 0.6) is 0 Å². The van der Waals surface area contributed by atoms with Gasteiger partial charge in [-0.1, -0.05) is 18.2 Å². The molecule has 2 aliphatic heterocycles. The Morgan fingerprint density at radius 3 is 2.09 bits per heavy atom. The van der Waals surface area contributed by atoms with Crippen molar-refractivity contribution in [3.8, 4) is 0 Å². The normalized spacial score (nSPS) is 20.5. The number of hydrogen-bond donors (Lipinski definition) is 6. The van der Waals surface area contributed by atoms with Crippen LogP contribution in [-0.4, -0.2) is 130 Å². The Hall–Kier alpha value is -5.58. The minimum absolute atomic E-state index is 0.0279. The van der Waals surface area contributed by atoms with E-state index in [1.165, 1.54) is 18.1 Å². The number of urea groups is 3. The monoisotopic (exact) mass is 805 g/mol. The summed E-state index contributed by atoms with van der Waals surface area (Å²) in [7, 11) is 2.96. The number of aliphatic hydroxyl groups excluding tert-OH is 1. The lowest BCUT2D eigenvalue weighted by Gasteiger charge is -2.41. The van der Waals surface area contributed by atoms with Crippen LogP contribution in [0.15, 0.2) is 48.5 Å². The molecule has 2 saturated heterocycles. The second-order valence-corrected chi connectivity index (χ2v) is 15.7. The van der Waals surface area contributed by atoms with Crippen LogP contribution in [0, 0.1) is 17.6 Å². The highest BCUT2D eigenvalue weighted by Crippen LogP contribution is 2.34. The number of nitrogens with zero attached hydrogens (tertiary/aromatic N) is 4. The first-order valence-electron chi connectivity index (χ1n) is 20.1. The van der Waals surface area contributed by atoms with E-state index >= 15 is 0 Å². The lowest BCUT2D eigenvalue weighted by molar-refractivity contribution is 0.0464. The van der Waals surface area contributed by atoms with E-state index in [0.29, 0.717) is 49.7 Å². The van der Waals surface area contributed by atoms with E-state index < -0.39 is 17.7 Å². The topological polar surface area (TPSA) is 178 Å². The predicted octanol–water partition coefficient (Wildman–Crippen LogP) is 5.22. The summed E-state index contributed by atoms with van der Waals surface area (Å²) < 4.78 is 32.2. The summed E-state index contributed by atoms with van der Waals surface area (Å²) >= 11 is 0. The van der Waals surface area contributed by atoms with Gasteiger partial charge in [-0.2, -0.15) is 0 Å². The van der Waals surface area contributed by atoms with Crippen molar-refractivity contribution in [2.75, 3.05) is 46.9 Å². The van der Waals surface area contributed by atoms with Crippen molar-refractivity contribution >= 4 is 46.0 Å². The van der Waals surface area contributed by atoms with Gasteiger partial charge in [-0.25, -0.2) is 28.0 Å². The van der Waals surface area contributed by atoms with Crippen molar-refractivity contribution in [2.24, 2.45) is 5.92 Å². The molecule has 4 aromatic rings. The van der Waals surface area contributed by atoms with Gasteiger partial charge < -0.3 is 55.4 Å². The molecule has 6 N–H and O–H groups in total. The number of H-pyrrole nitrogens is 2. The summed E-state index contributed by atoms with van der Waals surface area (Å²) in [6, 6.07) is 13.7. The number of nitrogens with one attached hydrogen (secondary N) is 5. The Labute approximate surface area is 335 Å². The number of halogens is 2. The number of aliphatic hydroxyl groups is 1. The van der Waals surface area contributed by atoms with E-state index in [1.807, 2.05) is 28.0 Å². The van der Waals surface area contributed by atoms with Crippen molar-refractivity contribution in [3.05, 3.63) is 71.6 Å². The molecular formula is C41H53F2N9O6. The molecule has 4 aliphatic rings. The highest BCUT2D eigenvalue weighted by atomic mass is 19.1. The molecule has 0 bridgehead atoms. The molecule has 0 unspecified atom stereocenters. The van der Waals surface area contributed by atoms with Crippen LogP contribution in [0.25, 0.3) is 21.8 Å². The van der Waals surface area contributed by atoms with E-state index in [2.05, 4.69) is 38.1 Å². The van der Waals surface area contributed by atoms with E-state index in [-0.39, 0.29) is 60.8 Å². The largest absolute Gasteiger partial charge is 0.453 e. The van der Waals surface area contributed by atoms with Gasteiger partial charge in [0.15, 0.2) is 0 Å². The maximum absolute atomic E-state index is 13.9. The number of rotatable bonds is 9. The molecule has 0 spiro atoms. The van der Waals surface area contributed by atoms with Crippen LogP contribution in [0.1, 0.15) is 56.3 Å². The molecule has 312 valence electrons. The fourth-order valence-electron chi connectivity index (χ4n) is 8.35. The molecular weight excluding hydrogens is 753 g/mol. The maximum Gasteiger partial charge on any atom is 0.409 e. The first-order valence-corrected chi connectivity index (χ1v) is 20.1. The average molecular weight is 806 g/mol. The quantitative estimate of drug-likeness (QED) is 0.135. The van der Waals surface area contributed by atoms with Crippen molar-refractivity contribution < 1.29 is 37.8 Å². The van der Waals surface area contributed by atoms with Crippen molar-refractivity contribution in [1.82, 2.24) is 45.5 Å². The molecule has 2 aromatic heterocycles. The lowest BCUT2D eigenvalue weighted by atomic mass is 9.94. The molecule has 7 amide bonds. The standard InChI is InChI=1S/C21H26F2N4O4.C20H27N5O2/c1-31-21(30)26-9-12(11-28)4-17(10-26)27(16-2-3-16)20(29)24-8-15-6-13-5-14(22)7-18(23)19(13)25-15;1-21-19(26)24-10-4-6-17(13-24)25(16-8-9-16)20(27)22-12-15-11-14-5-2-3-7-18(14)23-15/h5-7,12,16-17,25,28H,2-4,8-11H2,1H3,(H,24,29);2-3,5,7,11,16-17,23H,4,6,8-10,12-13H2,1H3,(H,21,26)(H,22,27)/t12-,17+;17-/m01/s1. The Balaban J connectivity index is 0.000000178. The molecule has 58 heavy (non-hydrogen) atoms. The second kappa shape index (κ2) is 17.9. The predicted molar refractivity (Wildman–Crippen MR) is 213 cm³/mol. The van der Waals surface area contributed by atoms with Crippen LogP contribution in [0.3, 0.4) is 0 Å². The summed E-state index contributed by atoms with van der Waals surface area (Å²) in [5.74, 6) is -1.49. The highest BCUT2D eigenvalue weighted by Gasteiger charge is 2.42. The lowest BCUT2D eigenvalue weighted by Crippen LogP contribution is -2.57. The zero-order chi connectivity index (χ0) is 40.9. The third-order valence-electron chi connectivity index (χ3n) is 11.4. The number of para-hydroxylation sites is 1. The van der Waals surface area contributed by atoms with Gasteiger partial charge in [-0.15, -0.1) is 0 Å². The molecule has 2 aliphatic carbocycles. The third-order valence-corrected chi connectivity index (χ3v) is 11.4. The van der Waals surface area contributed by atoms with Crippen molar-refractivity contribution in [3.63, 3.8) is 0 Å². The second-order valence-electron chi connectivity index (χ2n) is 15.7. The van der Waals surface area contributed by atoms with Gasteiger partial charge in [-0.05, 0) is 74.6 Å². The van der Waals surface area contributed by atoms with Gasteiger partial charge in [0.2, 0.25) is 0 Å². The van der Waals surface area contributed by atoms with Crippen molar-refractivity contribution in [2.45, 2.75) is 82.2 Å². The maximum atomic E-state index is 13.9. The van der Waals surface area contributed by atoms with Gasteiger partial charge in [0.05, 0.1) is 37.8 Å². The van der Waals surface area contributed by atoms with E-state index in [9.17, 15) is 33.1 Å². The minimum Gasteiger partial charge on any atom is -0.453 e. The van der Waals surface area contributed by atoms with Crippen LogP contribution in [0.2, 0.25) is 0 Å². The number of hydrogen-bond acceptors (Lipinski definition) is 6. The summed E-state index contributed by atoms with van der Waals surface area (Å²) in [5, 5.41) is 19.8. The molecule has 4 fully saturated rings. The van der Waals surface area contributed by atoms with Gasteiger partial charge in [0.25, 0.3) is 0 Å². The van der Waals surface area contributed by atoms with Crippen LogP contribution < -0.4 is 16.0 Å². The Morgan fingerprint density at radius 2 is 1.45 bits per heavy atom. The summed E-state index contributed by atoms with van der Waals surface area (Å²) in [5.41, 5.74) is 2.82. The number of carbonyl (C=O) groups is 4.